The molecule has 30 heavy (non-hydrogen) atoms. The first-order chi connectivity index (χ1) is 14.5. The zero-order valence-electron chi connectivity index (χ0n) is 17.3. The lowest BCUT2D eigenvalue weighted by Gasteiger charge is -2.26. The molecule has 156 valence electrons. The van der Waals surface area contributed by atoms with E-state index >= 15 is 0 Å². The molecule has 2 aromatic carbocycles. The van der Waals surface area contributed by atoms with Crippen LogP contribution >= 0.6 is 0 Å². The quantitative estimate of drug-likeness (QED) is 0.678. The van der Waals surface area contributed by atoms with Gasteiger partial charge in [0.2, 0.25) is 0 Å². The fourth-order valence-corrected chi connectivity index (χ4v) is 3.94. The van der Waals surface area contributed by atoms with Crippen LogP contribution in [0.3, 0.4) is 0 Å². The first-order valence-electron chi connectivity index (χ1n) is 10.2. The van der Waals surface area contributed by atoms with Crippen LogP contribution in [0.15, 0.2) is 53.3 Å². The normalized spacial score (nSPS) is 16.0. The molecule has 1 fully saturated rings. The van der Waals surface area contributed by atoms with E-state index in [4.69, 9.17) is 9.47 Å². The molecule has 1 atom stereocenters. The second-order valence-electron chi connectivity index (χ2n) is 7.72. The predicted molar refractivity (Wildman–Crippen MR) is 116 cm³/mol. The number of fused-ring (bicyclic) bond motifs is 1. The molecule has 1 saturated heterocycles. The standard InChI is InChI=1S/C24H26N2O4/c1-16-6-3-7-17-12-19(23(27)25-22(16)17)14-26(15-21-10-5-11-30-21)24(28)18-8-4-9-20(13-18)29-2/h3-4,6-9,12-13,21H,5,10-11,14-15H2,1-2H3,(H,25,27)/t21-/m0/s1. The largest absolute Gasteiger partial charge is 0.497 e. The number of aryl methyl sites for hydroxylation is 1. The molecule has 3 aromatic rings. The molecule has 0 aliphatic carbocycles. The second-order valence-corrected chi connectivity index (χ2v) is 7.72. The van der Waals surface area contributed by atoms with Gasteiger partial charge in [0.1, 0.15) is 5.75 Å². The SMILES string of the molecule is COc1cccc(C(=O)N(Cc2cc3cccc(C)c3[nH]c2=O)C[C@@H]2CCCO2)c1. The van der Waals surface area contributed by atoms with Gasteiger partial charge in [-0.2, -0.15) is 0 Å². The highest BCUT2D eigenvalue weighted by Gasteiger charge is 2.25. The van der Waals surface area contributed by atoms with Gasteiger partial charge >= 0.3 is 0 Å². The van der Waals surface area contributed by atoms with Crippen molar-refractivity contribution in [2.75, 3.05) is 20.3 Å². The number of H-pyrrole nitrogens is 1. The second kappa shape index (κ2) is 8.71. The van der Waals surface area contributed by atoms with Gasteiger partial charge in [-0.3, -0.25) is 9.59 Å². The number of hydrogen-bond donors (Lipinski definition) is 1. The number of rotatable bonds is 6. The summed E-state index contributed by atoms with van der Waals surface area (Å²) in [5.41, 5.74) is 2.76. The number of aromatic amines is 1. The number of amides is 1. The van der Waals surface area contributed by atoms with E-state index in [9.17, 15) is 9.59 Å². The Hall–Kier alpha value is -3.12. The van der Waals surface area contributed by atoms with E-state index in [0.717, 1.165) is 29.3 Å². The Kier molecular flexibility index (Phi) is 5.86. The minimum absolute atomic E-state index is 0.0126. The number of para-hydroxylation sites is 1. The van der Waals surface area contributed by atoms with Crippen LogP contribution in [0.4, 0.5) is 0 Å². The summed E-state index contributed by atoms with van der Waals surface area (Å²) in [6.45, 7) is 3.34. The summed E-state index contributed by atoms with van der Waals surface area (Å²) in [4.78, 5) is 30.8. The number of methoxy groups -OCH3 is 1. The Morgan fingerprint density at radius 2 is 2.07 bits per heavy atom. The van der Waals surface area contributed by atoms with E-state index in [1.54, 1.807) is 36.3 Å². The average Bonchev–Trinajstić information content (AvgIpc) is 3.27. The molecular weight excluding hydrogens is 380 g/mol. The summed E-state index contributed by atoms with van der Waals surface area (Å²) in [5.74, 6) is 0.477. The summed E-state index contributed by atoms with van der Waals surface area (Å²) in [6.07, 6.45) is 1.89. The molecule has 6 nitrogen and oxygen atoms in total. The maximum absolute atomic E-state index is 13.3. The van der Waals surface area contributed by atoms with Crippen LogP contribution in [0.25, 0.3) is 10.9 Å². The van der Waals surface area contributed by atoms with Crippen LogP contribution < -0.4 is 10.3 Å². The van der Waals surface area contributed by atoms with Crippen LogP contribution in [-0.4, -0.2) is 42.2 Å². The minimum Gasteiger partial charge on any atom is -0.497 e. The highest BCUT2D eigenvalue weighted by atomic mass is 16.5. The predicted octanol–water partition coefficient (Wildman–Crippen LogP) is 3.67. The third kappa shape index (κ3) is 4.24. The number of hydrogen-bond acceptors (Lipinski definition) is 4. The zero-order valence-corrected chi connectivity index (χ0v) is 17.3. The molecular formula is C24H26N2O4. The van der Waals surface area contributed by atoms with Crippen molar-refractivity contribution in [2.24, 2.45) is 0 Å². The van der Waals surface area contributed by atoms with Crippen molar-refractivity contribution in [2.45, 2.75) is 32.4 Å². The van der Waals surface area contributed by atoms with Crippen LogP contribution in [0.2, 0.25) is 0 Å². The fourth-order valence-electron chi connectivity index (χ4n) is 3.94. The number of nitrogens with zero attached hydrogens (tertiary/aromatic N) is 1. The summed E-state index contributed by atoms with van der Waals surface area (Å²) >= 11 is 0. The van der Waals surface area contributed by atoms with Crippen molar-refractivity contribution in [3.63, 3.8) is 0 Å². The van der Waals surface area contributed by atoms with Gasteiger partial charge in [0, 0.05) is 24.3 Å². The molecule has 1 aliphatic heterocycles. The van der Waals surface area contributed by atoms with E-state index in [-0.39, 0.29) is 24.1 Å². The highest BCUT2D eigenvalue weighted by molar-refractivity contribution is 5.94. The van der Waals surface area contributed by atoms with Crippen molar-refractivity contribution in [1.82, 2.24) is 9.88 Å². The van der Waals surface area contributed by atoms with Crippen LogP contribution in [0, 0.1) is 6.92 Å². The molecule has 1 amide bonds. The lowest BCUT2D eigenvalue weighted by atomic mass is 10.1. The molecule has 0 spiro atoms. The molecule has 0 unspecified atom stereocenters. The van der Waals surface area contributed by atoms with Gasteiger partial charge < -0.3 is 19.4 Å². The van der Waals surface area contributed by atoms with Gasteiger partial charge in [-0.25, -0.2) is 0 Å². The van der Waals surface area contributed by atoms with Gasteiger partial charge in [0.05, 0.1) is 25.3 Å². The molecule has 4 rings (SSSR count). The fraction of sp³-hybridized carbons (Fsp3) is 0.333. The van der Waals surface area contributed by atoms with E-state index in [1.807, 2.05) is 31.2 Å². The molecule has 6 heteroatoms. The van der Waals surface area contributed by atoms with Gasteiger partial charge in [-0.1, -0.05) is 24.3 Å². The first kappa shape index (κ1) is 20.2. The number of aromatic nitrogens is 1. The smallest absolute Gasteiger partial charge is 0.254 e. The number of pyridine rings is 1. The average molecular weight is 406 g/mol. The lowest BCUT2D eigenvalue weighted by molar-refractivity contribution is 0.0506. The van der Waals surface area contributed by atoms with Crippen LogP contribution in [0.5, 0.6) is 5.75 Å². The third-order valence-corrected chi connectivity index (χ3v) is 5.58. The summed E-state index contributed by atoms with van der Waals surface area (Å²) in [5, 5.41) is 0.954. The number of carbonyl (C=O) groups is 1. The molecule has 0 radical (unpaired) electrons. The first-order valence-corrected chi connectivity index (χ1v) is 10.2. The van der Waals surface area contributed by atoms with Gasteiger partial charge in [0.15, 0.2) is 0 Å². The highest BCUT2D eigenvalue weighted by Crippen LogP contribution is 2.20. The maximum atomic E-state index is 13.3. The summed E-state index contributed by atoms with van der Waals surface area (Å²) in [6, 6.07) is 14.9. The van der Waals surface area contributed by atoms with E-state index in [0.29, 0.717) is 30.0 Å². The third-order valence-electron chi connectivity index (χ3n) is 5.58. The maximum Gasteiger partial charge on any atom is 0.254 e. The van der Waals surface area contributed by atoms with Crippen LogP contribution in [-0.2, 0) is 11.3 Å². The van der Waals surface area contributed by atoms with Crippen molar-refractivity contribution >= 4 is 16.8 Å². The van der Waals surface area contributed by atoms with Gasteiger partial charge in [-0.15, -0.1) is 0 Å². The number of carbonyl (C=O) groups excluding carboxylic acids is 1. The van der Waals surface area contributed by atoms with Crippen molar-refractivity contribution in [3.05, 3.63) is 75.6 Å². The molecule has 1 N–H and O–H groups in total. The Bertz CT molecular complexity index is 1120. The van der Waals surface area contributed by atoms with Crippen molar-refractivity contribution in [3.8, 4) is 5.75 Å². The molecule has 0 saturated carbocycles. The Labute approximate surface area is 175 Å². The summed E-state index contributed by atoms with van der Waals surface area (Å²) < 4.78 is 11.0. The monoisotopic (exact) mass is 406 g/mol. The topological polar surface area (TPSA) is 71.6 Å². The number of ether oxygens (including phenoxy) is 2. The molecule has 0 bridgehead atoms. The van der Waals surface area contributed by atoms with Crippen LogP contribution in [0.1, 0.15) is 34.3 Å². The summed E-state index contributed by atoms with van der Waals surface area (Å²) in [7, 11) is 1.57. The minimum atomic E-state index is -0.174. The molecule has 2 heterocycles. The molecule has 1 aromatic heterocycles. The lowest BCUT2D eigenvalue weighted by Crippen LogP contribution is -2.38. The van der Waals surface area contributed by atoms with Crippen molar-refractivity contribution < 1.29 is 14.3 Å². The van der Waals surface area contributed by atoms with E-state index in [2.05, 4.69) is 4.98 Å². The van der Waals surface area contributed by atoms with Crippen molar-refractivity contribution in [1.29, 1.82) is 0 Å². The van der Waals surface area contributed by atoms with E-state index in [1.165, 1.54) is 0 Å². The number of benzene rings is 2. The Morgan fingerprint density at radius 3 is 2.83 bits per heavy atom. The van der Waals surface area contributed by atoms with Gasteiger partial charge in [0.25, 0.3) is 11.5 Å². The number of nitrogens with one attached hydrogen (secondary N) is 1. The van der Waals surface area contributed by atoms with Gasteiger partial charge in [-0.05, 0) is 55.0 Å². The Morgan fingerprint density at radius 1 is 1.23 bits per heavy atom. The molecule has 1 aliphatic rings. The van der Waals surface area contributed by atoms with E-state index < -0.39 is 0 Å². The zero-order chi connectivity index (χ0) is 21.1. The Balaban J connectivity index is 1.67.